The zero-order chi connectivity index (χ0) is 10.8. The third-order valence-corrected chi connectivity index (χ3v) is 4.02. The van der Waals surface area contributed by atoms with E-state index in [0.29, 0.717) is 0 Å². The van der Waals surface area contributed by atoms with E-state index in [1.165, 1.54) is 11.1 Å². The summed E-state index contributed by atoms with van der Waals surface area (Å²) in [6.45, 7) is 6.46. The number of nitrogens with two attached hydrogens (primary N) is 1. The van der Waals surface area contributed by atoms with Gasteiger partial charge in [-0.15, -0.1) is 0 Å². The first-order valence-electron chi connectivity index (χ1n) is 4.84. The quantitative estimate of drug-likeness (QED) is 0.827. The highest BCUT2D eigenvalue weighted by Crippen LogP contribution is 2.33. The Labute approximate surface area is 91.1 Å². The fraction of sp³-hybridized carbons (Fsp3) is 0.500. The van der Waals surface area contributed by atoms with E-state index >= 15 is 0 Å². The minimum absolute atomic E-state index is 0.0925. The molecular weight excluding hydrogens is 190 g/mol. The van der Waals surface area contributed by atoms with Crippen LogP contribution in [0.15, 0.2) is 24.3 Å². The predicted molar refractivity (Wildman–Crippen MR) is 65.7 cm³/mol. The minimum Gasteiger partial charge on any atom is -0.323 e. The molecule has 0 saturated carbocycles. The summed E-state index contributed by atoms with van der Waals surface area (Å²) in [4.78, 5) is 0. The molecule has 0 fully saturated rings. The zero-order valence-corrected chi connectivity index (χ0v) is 10.2. The van der Waals surface area contributed by atoms with Crippen molar-refractivity contribution in [1.82, 2.24) is 0 Å². The Hall–Kier alpha value is -0.470. The van der Waals surface area contributed by atoms with Crippen molar-refractivity contribution in [3.8, 4) is 0 Å². The van der Waals surface area contributed by atoms with Crippen molar-refractivity contribution in [2.45, 2.75) is 31.6 Å². The average molecular weight is 209 g/mol. The highest BCUT2D eigenvalue weighted by molar-refractivity contribution is 7.99. The summed E-state index contributed by atoms with van der Waals surface area (Å²) >= 11 is 1.81. The van der Waals surface area contributed by atoms with Gasteiger partial charge in [-0.05, 0) is 32.6 Å². The van der Waals surface area contributed by atoms with Gasteiger partial charge in [0.1, 0.15) is 0 Å². The van der Waals surface area contributed by atoms with Crippen LogP contribution in [0.1, 0.15) is 31.0 Å². The maximum absolute atomic E-state index is 6.21. The molecule has 0 aromatic heterocycles. The van der Waals surface area contributed by atoms with Gasteiger partial charge in [-0.2, -0.15) is 11.8 Å². The van der Waals surface area contributed by atoms with Crippen molar-refractivity contribution >= 4 is 11.8 Å². The van der Waals surface area contributed by atoms with Crippen molar-refractivity contribution in [2.24, 2.45) is 5.73 Å². The molecule has 0 heterocycles. The van der Waals surface area contributed by atoms with Crippen LogP contribution in [0.4, 0.5) is 0 Å². The molecule has 0 aliphatic heterocycles. The van der Waals surface area contributed by atoms with Crippen molar-refractivity contribution in [3.05, 3.63) is 35.4 Å². The second-order valence-corrected chi connectivity index (χ2v) is 5.66. The van der Waals surface area contributed by atoms with E-state index in [-0.39, 0.29) is 10.8 Å². The van der Waals surface area contributed by atoms with Crippen LogP contribution >= 0.6 is 11.8 Å². The molecule has 0 radical (unpaired) electrons. The van der Waals surface area contributed by atoms with Crippen molar-refractivity contribution in [3.63, 3.8) is 0 Å². The number of benzene rings is 1. The van der Waals surface area contributed by atoms with E-state index in [9.17, 15) is 0 Å². The Balaban J connectivity index is 2.89. The highest BCUT2D eigenvalue weighted by Gasteiger charge is 2.26. The predicted octanol–water partition coefficient (Wildman–Crippen LogP) is 3.14. The molecule has 0 aliphatic carbocycles. The molecule has 0 saturated heterocycles. The van der Waals surface area contributed by atoms with Crippen LogP contribution in [0.25, 0.3) is 0 Å². The molecule has 0 amide bonds. The lowest BCUT2D eigenvalue weighted by molar-refractivity contribution is 0.564. The lowest BCUT2D eigenvalue weighted by Gasteiger charge is -2.30. The number of hydrogen-bond donors (Lipinski definition) is 1. The van der Waals surface area contributed by atoms with E-state index in [2.05, 4.69) is 51.3 Å². The van der Waals surface area contributed by atoms with Gasteiger partial charge in [0, 0.05) is 10.8 Å². The normalized spacial score (nSPS) is 14.1. The van der Waals surface area contributed by atoms with Gasteiger partial charge in [0.2, 0.25) is 0 Å². The molecule has 14 heavy (non-hydrogen) atoms. The van der Waals surface area contributed by atoms with Crippen molar-refractivity contribution in [2.75, 3.05) is 6.26 Å². The van der Waals surface area contributed by atoms with Gasteiger partial charge in [0.25, 0.3) is 0 Å². The molecule has 1 aromatic rings. The molecule has 78 valence electrons. The average Bonchev–Trinajstić information content (AvgIpc) is 2.18. The number of aryl methyl sites for hydroxylation is 1. The minimum atomic E-state index is 0.0925. The highest BCUT2D eigenvalue weighted by atomic mass is 32.2. The van der Waals surface area contributed by atoms with Crippen LogP contribution in [0, 0.1) is 6.92 Å². The Morgan fingerprint density at radius 2 is 1.71 bits per heavy atom. The molecule has 1 aromatic carbocycles. The van der Waals surface area contributed by atoms with Crippen LogP contribution in [0.5, 0.6) is 0 Å². The maximum atomic E-state index is 6.21. The SMILES string of the molecule is CSC(C)(C)C(N)c1ccc(C)cc1. The Bertz CT molecular complexity index is 290. The Kier molecular flexibility index (Phi) is 3.62. The molecule has 0 aliphatic rings. The molecule has 2 heteroatoms. The number of hydrogen-bond acceptors (Lipinski definition) is 2. The van der Waals surface area contributed by atoms with Gasteiger partial charge < -0.3 is 5.73 Å². The third kappa shape index (κ3) is 2.52. The van der Waals surface area contributed by atoms with E-state index < -0.39 is 0 Å². The summed E-state index contributed by atoms with van der Waals surface area (Å²) in [5.74, 6) is 0. The molecule has 0 bridgehead atoms. The van der Waals surface area contributed by atoms with Crippen LogP contribution in [-0.4, -0.2) is 11.0 Å². The number of thioether (sulfide) groups is 1. The van der Waals surface area contributed by atoms with Crippen LogP contribution in [0.3, 0.4) is 0 Å². The summed E-state index contributed by atoms with van der Waals surface area (Å²) in [6, 6.07) is 8.57. The largest absolute Gasteiger partial charge is 0.323 e. The van der Waals surface area contributed by atoms with E-state index in [0.717, 1.165) is 0 Å². The van der Waals surface area contributed by atoms with Crippen molar-refractivity contribution in [1.29, 1.82) is 0 Å². The molecule has 2 N–H and O–H groups in total. The monoisotopic (exact) mass is 209 g/mol. The number of rotatable bonds is 3. The molecule has 0 spiro atoms. The smallest absolute Gasteiger partial charge is 0.0438 e. The fourth-order valence-electron chi connectivity index (χ4n) is 1.30. The molecule has 1 atom stereocenters. The second-order valence-electron chi connectivity index (χ2n) is 4.20. The molecule has 1 rings (SSSR count). The maximum Gasteiger partial charge on any atom is 0.0438 e. The Morgan fingerprint density at radius 1 is 1.21 bits per heavy atom. The van der Waals surface area contributed by atoms with E-state index in [1.54, 1.807) is 0 Å². The topological polar surface area (TPSA) is 26.0 Å². The molecular formula is C12H19NS. The van der Waals surface area contributed by atoms with Gasteiger partial charge in [0.15, 0.2) is 0 Å². The summed E-state index contributed by atoms with van der Waals surface area (Å²) in [7, 11) is 0. The van der Waals surface area contributed by atoms with Gasteiger partial charge in [-0.25, -0.2) is 0 Å². The first-order chi connectivity index (χ1) is 6.47. The molecule has 1 nitrogen and oxygen atoms in total. The Morgan fingerprint density at radius 3 is 2.14 bits per heavy atom. The zero-order valence-electron chi connectivity index (χ0n) is 9.37. The van der Waals surface area contributed by atoms with Gasteiger partial charge in [-0.3, -0.25) is 0 Å². The van der Waals surface area contributed by atoms with Crippen molar-refractivity contribution < 1.29 is 0 Å². The first-order valence-corrected chi connectivity index (χ1v) is 6.07. The fourth-order valence-corrected chi connectivity index (χ4v) is 1.69. The van der Waals surface area contributed by atoms with Gasteiger partial charge in [-0.1, -0.05) is 29.8 Å². The summed E-state index contributed by atoms with van der Waals surface area (Å²) in [5, 5.41) is 0. The van der Waals surface area contributed by atoms with Gasteiger partial charge in [0.05, 0.1) is 0 Å². The summed E-state index contributed by atoms with van der Waals surface area (Å²) in [6.07, 6.45) is 2.11. The van der Waals surface area contributed by atoms with Crippen LogP contribution in [0.2, 0.25) is 0 Å². The summed E-state index contributed by atoms with van der Waals surface area (Å²) < 4.78 is 0.0925. The van der Waals surface area contributed by atoms with Crippen LogP contribution in [-0.2, 0) is 0 Å². The van der Waals surface area contributed by atoms with E-state index in [1.807, 2.05) is 11.8 Å². The van der Waals surface area contributed by atoms with E-state index in [4.69, 9.17) is 5.73 Å². The molecule has 1 unspecified atom stereocenters. The summed E-state index contributed by atoms with van der Waals surface area (Å²) in [5.41, 5.74) is 8.71. The second kappa shape index (κ2) is 4.37. The first kappa shape index (κ1) is 11.6. The lowest BCUT2D eigenvalue weighted by atomic mass is 9.95. The lowest BCUT2D eigenvalue weighted by Crippen LogP contribution is -2.32. The standard InChI is InChI=1S/C12H19NS/c1-9-5-7-10(8-6-9)11(13)12(2,3)14-4/h5-8,11H,13H2,1-4H3. The van der Waals surface area contributed by atoms with Crippen LogP contribution < -0.4 is 5.73 Å². The third-order valence-electron chi connectivity index (χ3n) is 2.71. The van der Waals surface area contributed by atoms with Gasteiger partial charge >= 0.3 is 0 Å².